The molecule has 0 bridgehead atoms. The van der Waals surface area contributed by atoms with E-state index in [1.165, 1.54) is 0 Å². The van der Waals surface area contributed by atoms with Gasteiger partial charge in [0.05, 0.1) is 12.2 Å². The van der Waals surface area contributed by atoms with Crippen molar-refractivity contribution in [1.82, 2.24) is 0 Å². The average molecular weight is 451 g/mol. The molecule has 0 N–H and O–H groups in total. The highest BCUT2D eigenvalue weighted by atomic mass is 16.5. The van der Waals surface area contributed by atoms with E-state index in [2.05, 4.69) is 42.4 Å². The summed E-state index contributed by atoms with van der Waals surface area (Å²) in [6, 6.07) is 33.9. The molecule has 168 valence electrons. The Hall–Kier alpha value is -4.64. The van der Waals surface area contributed by atoms with E-state index in [9.17, 15) is 0 Å². The maximum atomic E-state index is 5.94. The number of para-hydroxylation sites is 1. The Morgan fingerprint density at radius 2 is 0.971 bits per heavy atom. The fourth-order valence-corrected chi connectivity index (χ4v) is 3.34. The summed E-state index contributed by atoms with van der Waals surface area (Å²) in [6.45, 7) is 2.85. The van der Waals surface area contributed by atoms with Gasteiger partial charge in [-0.25, -0.2) is 0 Å². The third-order valence-corrected chi connectivity index (χ3v) is 5.17. The van der Waals surface area contributed by atoms with E-state index in [0.717, 1.165) is 52.0 Å². The van der Waals surface area contributed by atoms with Crippen LogP contribution in [-0.2, 0) is 0 Å². The highest BCUT2D eigenvalue weighted by molar-refractivity contribution is 5.56. The summed E-state index contributed by atoms with van der Waals surface area (Å²) in [6.07, 6.45) is 2.12. The molecule has 0 amide bonds. The molecule has 0 aromatic heterocycles. The van der Waals surface area contributed by atoms with Crippen LogP contribution in [0.15, 0.2) is 103 Å². The van der Waals surface area contributed by atoms with Gasteiger partial charge in [0, 0.05) is 27.8 Å². The van der Waals surface area contributed by atoms with Gasteiger partial charge in [-0.15, -0.1) is 0 Å². The molecule has 35 heavy (non-hydrogen) atoms. The monoisotopic (exact) mass is 450 g/mol. The normalized spacial score (nSPS) is 9.51. The van der Waals surface area contributed by atoms with Crippen molar-refractivity contribution in [3.8, 4) is 41.3 Å². The van der Waals surface area contributed by atoms with Crippen LogP contribution < -0.4 is 4.74 Å². The van der Waals surface area contributed by atoms with Gasteiger partial charge in [0.1, 0.15) is 5.75 Å². The first-order valence-corrected chi connectivity index (χ1v) is 11.8. The predicted molar refractivity (Wildman–Crippen MR) is 144 cm³/mol. The van der Waals surface area contributed by atoms with Crippen LogP contribution in [0.2, 0.25) is 0 Å². The molecule has 1 heteroatoms. The number of hydrogen-bond donors (Lipinski definition) is 0. The topological polar surface area (TPSA) is 9.23 Å². The molecule has 0 aliphatic rings. The lowest BCUT2D eigenvalue weighted by Crippen LogP contribution is -1.98. The molecule has 0 saturated carbocycles. The first-order valence-electron chi connectivity index (χ1n) is 11.8. The number of rotatable bonds is 4. The van der Waals surface area contributed by atoms with Crippen molar-refractivity contribution >= 4 is 0 Å². The lowest BCUT2D eigenvalue weighted by molar-refractivity contribution is 0.308. The molecule has 0 saturated heterocycles. The van der Waals surface area contributed by atoms with Gasteiger partial charge in [-0.2, -0.15) is 0 Å². The first kappa shape index (κ1) is 23.5. The molecule has 0 heterocycles. The summed E-state index contributed by atoms with van der Waals surface area (Å²) in [5.41, 5.74) is 5.45. The zero-order valence-corrected chi connectivity index (χ0v) is 19.8. The predicted octanol–water partition coefficient (Wildman–Crippen LogP) is 7.06. The van der Waals surface area contributed by atoms with E-state index in [0.29, 0.717) is 6.61 Å². The Morgan fingerprint density at radius 3 is 1.51 bits per heavy atom. The number of unbranched alkanes of at least 4 members (excludes halogenated alkanes) is 1. The summed E-state index contributed by atoms with van der Waals surface area (Å²) in [5, 5.41) is 0. The van der Waals surface area contributed by atoms with Gasteiger partial charge in [-0.1, -0.05) is 97.4 Å². The van der Waals surface area contributed by atoms with E-state index < -0.39 is 0 Å². The lowest BCUT2D eigenvalue weighted by atomic mass is 10.0. The fourth-order valence-electron chi connectivity index (χ4n) is 3.34. The first-order chi connectivity index (χ1) is 17.3. The second-order valence-electron chi connectivity index (χ2n) is 7.98. The molecule has 0 fully saturated rings. The van der Waals surface area contributed by atoms with Crippen LogP contribution in [0, 0.1) is 35.5 Å². The van der Waals surface area contributed by atoms with Gasteiger partial charge in [0.25, 0.3) is 0 Å². The van der Waals surface area contributed by atoms with Crippen LogP contribution >= 0.6 is 0 Å². The van der Waals surface area contributed by atoms with Crippen molar-refractivity contribution < 1.29 is 4.74 Å². The van der Waals surface area contributed by atoms with Crippen LogP contribution in [-0.4, -0.2) is 6.61 Å². The fraction of sp³-hybridized carbons (Fsp3) is 0.118. The van der Waals surface area contributed by atoms with Gasteiger partial charge in [0.2, 0.25) is 0 Å². The average Bonchev–Trinajstić information content (AvgIpc) is 2.91. The van der Waals surface area contributed by atoms with Crippen LogP contribution in [0.25, 0.3) is 0 Å². The third kappa shape index (κ3) is 7.44. The van der Waals surface area contributed by atoms with Gasteiger partial charge < -0.3 is 4.74 Å². The lowest BCUT2D eigenvalue weighted by Gasteiger charge is -2.07. The van der Waals surface area contributed by atoms with E-state index in [-0.39, 0.29) is 0 Å². The van der Waals surface area contributed by atoms with Gasteiger partial charge in [0.15, 0.2) is 0 Å². The Kier molecular flexibility index (Phi) is 8.44. The SMILES string of the molecule is CCCCOc1ccccc1C#Cc1cc(C#Cc2ccccc2)cc(C#Cc2ccccc2)c1. The largest absolute Gasteiger partial charge is 0.492 e. The van der Waals surface area contributed by atoms with E-state index in [1.807, 2.05) is 103 Å². The summed E-state index contributed by atoms with van der Waals surface area (Å²) < 4.78 is 5.94. The zero-order chi connectivity index (χ0) is 24.1. The van der Waals surface area contributed by atoms with Crippen molar-refractivity contribution in [2.75, 3.05) is 6.61 Å². The Bertz CT molecular complexity index is 1370. The molecule has 4 rings (SSSR count). The van der Waals surface area contributed by atoms with Crippen LogP contribution in [0.1, 0.15) is 53.1 Å². The maximum Gasteiger partial charge on any atom is 0.134 e. The summed E-state index contributed by atoms with van der Waals surface area (Å²) in [7, 11) is 0. The van der Waals surface area contributed by atoms with Crippen molar-refractivity contribution in [3.05, 3.63) is 137 Å². The van der Waals surface area contributed by atoms with Gasteiger partial charge >= 0.3 is 0 Å². The molecule has 4 aromatic rings. The molecule has 4 aromatic carbocycles. The van der Waals surface area contributed by atoms with Crippen LogP contribution in [0.3, 0.4) is 0 Å². The van der Waals surface area contributed by atoms with Crippen molar-refractivity contribution in [2.45, 2.75) is 19.8 Å². The minimum atomic E-state index is 0.693. The second kappa shape index (κ2) is 12.6. The highest BCUT2D eigenvalue weighted by Gasteiger charge is 2.01. The molecule has 0 spiro atoms. The Labute approximate surface area is 208 Å². The van der Waals surface area contributed by atoms with Gasteiger partial charge in [-0.3, -0.25) is 0 Å². The molecule has 0 atom stereocenters. The molecular formula is C34H26O. The second-order valence-corrected chi connectivity index (χ2v) is 7.98. The van der Waals surface area contributed by atoms with E-state index in [1.54, 1.807) is 0 Å². The smallest absolute Gasteiger partial charge is 0.134 e. The molecule has 0 aliphatic heterocycles. The van der Waals surface area contributed by atoms with Gasteiger partial charge in [-0.05, 0) is 61.0 Å². The summed E-state index contributed by atoms with van der Waals surface area (Å²) in [5.74, 6) is 20.4. The van der Waals surface area contributed by atoms with Crippen LogP contribution in [0.5, 0.6) is 5.75 Å². The zero-order valence-electron chi connectivity index (χ0n) is 19.8. The molecule has 0 aliphatic carbocycles. The molecule has 1 nitrogen and oxygen atoms in total. The molecule has 0 radical (unpaired) electrons. The summed E-state index contributed by atoms with van der Waals surface area (Å²) >= 11 is 0. The number of ether oxygens (including phenoxy) is 1. The number of benzene rings is 4. The third-order valence-electron chi connectivity index (χ3n) is 5.17. The highest BCUT2D eigenvalue weighted by Crippen LogP contribution is 2.18. The molecular weight excluding hydrogens is 424 g/mol. The van der Waals surface area contributed by atoms with E-state index >= 15 is 0 Å². The van der Waals surface area contributed by atoms with Crippen molar-refractivity contribution in [3.63, 3.8) is 0 Å². The van der Waals surface area contributed by atoms with Crippen LogP contribution in [0.4, 0.5) is 0 Å². The molecule has 0 unspecified atom stereocenters. The standard InChI is InChI=1S/C34H26O/c1-2-3-24-35-34-17-11-10-16-33(34)23-22-32-26-30(20-18-28-12-6-4-7-13-28)25-31(27-32)21-19-29-14-8-5-9-15-29/h4-17,25-27H,2-3,24H2,1H3. The van der Waals surface area contributed by atoms with E-state index in [4.69, 9.17) is 4.74 Å². The maximum absolute atomic E-state index is 5.94. The number of hydrogen-bond acceptors (Lipinski definition) is 1. The summed E-state index contributed by atoms with van der Waals surface area (Å²) in [4.78, 5) is 0. The van der Waals surface area contributed by atoms with Crippen molar-refractivity contribution in [1.29, 1.82) is 0 Å². The Balaban J connectivity index is 1.68. The minimum Gasteiger partial charge on any atom is -0.492 e. The van der Waals surface area contributed by atoms with Crippen molar-refractivity contribution in [2.24, 2.45) is 0 Å². The minimum absolute atomic E-state index is 0.693. The Morgan fingerprint density at radius 1 is 0.514 bits per heavy atom. The quantitative estimate of drug-likeness (QED) is 0.239.